The van der Waals surface area contributed by atoms with E-state index in [-0.39, 0.29) is 23.3 Å². The Morgan fingerprint density at radius 2 is 1.97 bits per heavy atom. The lowest BCUT2D eigenvalue weighted by molar-refractivity contribution is 0.386. The number of hydrogen-bond acceptors (Lipinski definition) is 5. The lowest BCUT2D eigenvalue weighted by Gasteiger charge is -2.25. The van der Waals surface area contributed by atoms with Gasteiger partial charge in [0.25, 0.3) is 0 Å². The number of hydrogen-bond donors (Lipinski definition) is 0. The van der Waals surface area contributed by atoms with Crippen LogP contribution in [0.4, 0.5) is 4.39 Å². The lowest BCUT2D eigenvalue weighted by atomic mass is 9.88. The first-order valence-corrected chi connectivity index (χ1v) is 12.4. The summed E-state index contributed by atoms with van der Waals surface area (Å²) in [6.07, 6.45) is 4.25. The predicted molar refractivity (Wildman–Crippen MR) is 126 cm³/mol. The Morgan fingerprint density at radius 1 is 1.19 bits per heavy atom. The van der Waals surface area contributed by atoms with Gasteiger partial charge in [0.2, 0.25) is 0 Å². The number of halogens is 1. The van der Waals surface area contributed by atoms with E-state index < -0.39 is 15.7 Å². The van der Waals surface area contributed by atoms with Gasteiger partial charge in [0, 0.05) is 42.2 Å². The summed E-state index contributed by atoms with van der Waals surface area (Å²) in [6.45, 7) is 4.48. The zero-order valence-corrected chi connectivity index (χ0v) is 19.5. The van der Waals surface area contributed by atoms with Gasteiger partial charge in [-0.15, -0.1) is 0 Å². The molecule has 32 heavy (non-hydrogen) atoms. The van der Waals surface area contributed by atoms with Crippen LogP contribution in [0.5, 0.6) is 5.75 Å². The Hall–Kier alpha value is -2.93. The zero-order valence-electron chi connectivity index (χ0n) is 18.7. The molecule has 2 aromatic rings. The van der Waals surface area contributed by atoms with E-state index in [1.165, 1.54) is 13.2 Å². The van der Waals surface area contributed by atoms with Crippen LogP contribution in [-0.4, -0.2) is 51.5 Å². The second kappa shape index (κ2) is 8.54. The van der Waals surface area contributed by atoms with Crippen molar-refractivity contribution in [3.05, 3.63) is 82.3 Å². The van der Waals surface area contributed by atoms with Gasteiger partial charge in [0.15, 0.2) is 21.4 Å². The van der Waals surface area contributed by atoms with Crippen molar-refractivity contribution >= 4 is 21.1 Å². The fourth-order valence-corrected chi connectivity index (χ4v) is 5.05. The average Bonchev–Trinajstić information content (AvgIpc) is 2.88. The maximum absolute atomic E-state index is 14.1. The summed E-state index contributed by atoms with van der Waals surface area (Å²) >= 11 is 0. The molecule has 0 saturated heterocycles. The number of ether oxygens (including phenoxy) is 1. The van der Waals surface area contributed by atoms with Gasteiger partial charge in [-0.1, -0.05) is 25.1 Å². The molecule has 0 aromatic heterocycles. The number of benzene rings is 2. The number of likely N-dealkylation sites (N-methyl/N-ethyl adjacent to an activating group) is 1. The minimum atomic E-state index is -3.17. The summed E-state index contributed by atoms with van der Waals surface area (Å²) in [7, 11) is 0.275. The molecule has 2 heterocycles. The highest BCUT2D eigenvalue weighted by Crippen LogP contribution is 2.37. The normalized spacial score (nSPS) is 18.1. The fraction of sp³-hybridized carbons (Fsp3) is 0.320. The van der Waals surface area contributed by atoms with Crippen molar-refractivity contribution in [3.8, 4) is 5.75 Å². The molecule has 0 aliphatic carbocycles. The van der Waals surface area contributed by atoms with Crippen molar-refractivity contribution in [1.29, 1.82) is 0 Å². The highest BCUT2D eigenvalue weighted by Gasteiger charge is 2.28. The average molecular weight is 455 g/mol. The van der Waals surface area contributed by atoms with Crippen LogP contribution in [0.3, 0.4) is 0 Å². The molecule has 0 bridgehead atoms. The molecule has 5 nitrogen and oxygen atoms in total. The number of sulfone groups is 1. The molecule has 4 rings (SSSR count). The van der Waals surface area contributed by atoms with Crippen molar-refractivity contribution in [1.82, 2.24) is 4.90 Å². The molecule has 0 spiro atoms. The number of aliphatic imine (C=N–C) groups is 1. The van der Waals surface area contributed by atoms with Crippen molar-refractivity contribution in [2.24, 2.45) is 4.99 Å². The number of fused-ring (bicyclic) bond motifs is 3. The molecule has 0 N–H and O–H groups in total. The molecule has 0 amide bonds. The molecule has 0 fully saturated rings. The predicted octanol–water partition coefficient (Wildman–Crippen LogP) is 4.22. The SMILES string of the molecule is CCS(=O)(=O)Cc1ccc2c(c1)C1=CN(C)CC=C1[C@H](C)N=C2c1ccc(F)c(OC)c1. The van der Waals surface area contributed by atoms with Gasteiger partial charge in [-0.05, 0) is 47.9 Å². The summed E-state index contributed by atoms with van der Waals surface area (Å²) in [6, 6.07) is 10.3. The van der Waals surface area contributed by atoms with Gasteiger partial charge in [-0.25, -0.2) is 12.8 Å². The Balaban J connectivity index is 1.94. The summed E-state index contributed by atoms with van der Waals surface area (Å²) < 4.78 is 43.8. The van der Waals surface area contributed by atoms with Gasteiger partial charge < -0.3 is 9.64 Å². The van der Waals surface area contributed by atoms with E-state index in [1.807, 2.05) is 32.2 Å². The fourth-order valence-electron chi connectivity index (χ4n) is 4.16. The molecule has 0 unspecified atom stereocenters. The van der Waals surface area contributed by atoms with E-state index in [0.29, 0.717) is 0 Å². The van der Waals surface area contributed by atoms with E-state index >= 15 is 0 Å². The standard InChI is InChI=1S/C25H27FN2O3S/c1-5-32(29,30)15-17-6-8-20-21(12-17)22-14-28(3)11-10-19(22)16(2)27-25(20)18-7-9-23(26)24(13-18)31-4/h6-10,12-14,16H,5,11,15H2,1-4H3/t16-/m0/s1. The van der Waals surface area contributed by atoms with Crippen LogP contribution in [0.2, 0.25) is 0 Å². The second-order valence-corrected chi connectivity index (χ2v) is 10.6. The van der Waals surface area contributed by atoms with E-state index in [1.54, 1.807) is 19.1 Å². The van der Waals surface area contributed by atoms with Crippen molar-refractivity contribution in [2.75, 3.05) is 26.5 Å². The molecule has 0 radical (unpaired) electrons. The molecule has 2 aromatic carbocycles. The largest absolute Gasteiger partial charge is 0.494 e. The third-order valence-corrected chi connectivity index (χ3v) is 7.57. The van der Waals surface area contributed by atoms with Crippen LogP contribution in [-0.2, 0) is 15.6 Å². The van der Waals surface area contributed by atoms with Gasteiger partial charge in [0.05, 0.1) is 24.6 Å². The van der Waals surface area contributed by atoms with Crippen LogP contribution in [0, 0.1) is 5.82 Å². The number of nitrogens with zero attached hydrogens (tertiary/aromatic N) is 2. The molecular formula is C25H27FN2O3S. The van der Waals surface area contributed by atoms with Crippen LogP contribution >= 0.6 is 0 Å². The Kier molecular flexibility index (Phi) is 5.95. The first-order valence-electron chi connectivity index (χ1n) is 10.6. The molecule has 168 valence electrons. The van der Waals surface area contributed by atoms with E-state index in [0.717, 1.165) is 45.7 Å². The van der Waals surface area contributed by atoms with Gasteiger partial charge in [-0.3, -0.25) is 4.99 Å². The van der Waals surface area contributed by atoms with Crippen molar-refractivity contribution < 1.29 is 17.5 Å². The molecule has 0 saturated carbocycles. The molecule has 1 atom stereocenters. The van der Waals surface area contributed by atoms with Crippen molar-refractivity contribution in [3.63, 3.8) is 0 Å². The molecule has 2 aliphatic rings. The first-order chi connectivity index (χ1) is 15.2. The third kappa shape index (κ3) is 4.21. The molecule has 7 heteroatoms. The highest BCUT2D eigenvalue weighted by atomic mass is 32.2. The van der Waals surface area contributed by atoms with E-state index in [4.69, 9.17) is 9.73 Å². The van der Waals surface area contributed by atoms with Gasteiger partial charge in [0.1, 0.15) is 0 Å². The van der Waals surface area contributed by atoms with Gasteiger partial charge >= 0.3 is 0 Å². The molecule has 2 aliphatic heterocycles. The zero-order chi connectivity index (χ0) is 23.0. The summed E-state index contributed by atoms with van der Waals surface area (Å²) in [5, 5.41) is 0. The second-order valence-electron chi connectivity index (χ2n) is 8.20. The summed E-state index contributed by atoms with van der Waals surface area (Å²) in [5.41, 5.74) is 6.16. The Labute approximate surface area is 188 Å². The highest BCUT2D eigenvalue weighted by molar-refractivity contribution is 7.90. The van der Waals surface area contributed by atoms with Crippen LogP contribution in [0.15, 0.2) is 59.2 Å². The molecular weight excluding hydrogens is 427 g/mol. The Bertz CT molecular complexity index is 1260. The topological polar surface area (TPSA) is 59.0 Å². The monoisotopic (exact) mass is 454 g/mol. The van der Waals surface area contributed by atoms with Crippen LogP contribution in [0.25, 0.3) is 5.57 Å². The minimum Gasteiger partial charge on any atom is -0.494 e. The van der Waals surface area contributed by atoms with Crippen LogP contribution < -0.4 is 4.74 Å². The Morgan fingerprint density at radius 3 is 2.69 bits per heavy atom. The lowest BCUT2D eigenvalue weighted by Crippen LogP contribution is -2.19. The van der Waals surface area contributed by atoms with Crippen LogP contribution in [0.1, 0.15) is 36.1 Å². The van der Waals surface area contributed by atoms with Gasteiger partial charge in [-0.2, -0.15) is 0 Å². The summed E-state index contributed by atoms with van der Waals surface area (Å²) in [4.78, 5) is 7.11. The van der Waals surface area contributed by atoms with E-state index in [9.17, 15) is 12.8 Å². The van der Waals surface area contributed by atoms with Crippen molar-refractivity contribution in [2.45, 2.75) is 25.6 Å². The quantitative estimate of drug-likeness (QED) is 0.679. The summed E-state index contributed by atoms with van der Waals surface area (Å²) in [5.74, 6) is -0.185. The third-order valence-electron chi connectivity index (χ3n) is 5.91. The number of methoxy groups -OCH3 is 1. The number of rotatable bonds is 5. The van der Waals surface area contributed by atoms with E-state index in [2.05, 4.69) is 17.2 Å². The minimum absolute atomic E-state index is 0.00858. The maximum Gasteiger partial charge on any atom is 0.165 e. The smallest absolute Gasteiger partial charge is 0.165 e. The first kappa shape index (κ1) is 22.3. The maximum atomic E-state index is 14.1.